The lowest BCUT2D eigenvalue weighted by atomic mass is 10.0. The van der Waals surface area contributed by atoms with E-state index in [0.29, 0.717) is 31.5 Å². The molecule has 1 heterocycles. The number of hydrogen-bond donors (Lipinski definition) is 1. The van der Waals surface area contributed by atoms with Crippen molar-refractivity contribution >= 4 is 12.2 Å². The molecule has 1 N–H and O–H groups in total. The Hall–Kier alpha value is -1.98. The predicted octanol–water partition coefficient (Wildman–Crippen LogP) is 3.86. The number of halogens is 3. The minimum Gasteiger partial charge on any atom is -0.465 e. The topological polar surface area (TPSA) is 40.5 Å². The van der Waals surface area contributed by atoms with Crippen LogP contribution in [0, 0.1) is 0 Å². The number of carbonyl (C=O) groups is 1. The molecule has 0 radical (unpaired) electrons. The summed E-state index contributed by atoms with van der Waals surface area (Å²) in [6.45, 7) is 0.865. The Morgan fingerprint density at radius 1 is 1.15 bits per heavy atom. The lowest BCUT2D eigenvalue weighted by Crippen LogP contribution is -2.35. The first kappa shape index (κ1) is 14.4. The predicted molar refractivity (Wildman–Crippen MR) is 68.3 cm³/mol. The number of likely N-dealkylation sites (tertiary alicyclic amines) is 1. The molecule has 0 unspecified atom stereocenters. The van der Waals surface area contributed by atoms with E-state index in [-0.39, 0.29) is 0 Å². The van der Waals surface area contributed by atoms with Gasteiger partial charge in [0.25, 0.3) is 0 Å². The Balaban J connectivity index is 2.03. The molecule has 108 valence electrons. The normalized spacial score (nSPS) is 16.1. The lowest BCUT2D eigenvalue weighted by molar-refractivity contribution is -0.137. The van der Waals surface area contributed by atoms with Crippen molar-refractivity contribution in [3.63, 3.8) is 0 Å². The van der Waals surface area contributed by atoms with E-state index in [1.165, 1.54) is 17.0 Å². The number of piperidine rings is 1. The maximum atomic E-state index is 12.4. The van der Waals surface area contributed by atoms with Gasteiger partial charge in [-0.2, -0.15) is 13.2 Å². The molecule has 1 aliphatic heterocycles. The number of nitrogens with zero attached hydrogens (tertiary/aromatic N) is 1. The first-order valence-electron chi connectivity index (χ1n) is 6.21. The number of benzene rings is 1. The molecule has 6 heteroatoms. The summed E-state index contributed by atoms with van der Waals surface area (Å²) in [4.78, 5) is 12.1. The molecule has 1 amide bonds. The van der Waals surface area contributed by atoms with Gasteiger partial charge < -0.3 is 10.0 Å². The number of carboxylic acid groups (broad SMARTS) is 1. The molecule has 0 bridgehead atoms. The fraction of sp³-hybridized carbons (Fsp3) is 0.357. The van der Waals surface area contributed by atoms with Crippen LogP contribution in [-0.2, 0) is 6.18 Å². The van der Waals surface area contributed by atoms with Crippen molar-refractivity contribution in [1.82, 2.24) is 4.90 Å². The Bertz CT molecular complexity index is 510. The molecule has 20 heavy (non-hydrogen) atoms. The van der Waals surface area contributed by atoms with E-state index in [1.807, 2.05) is 6.08 Å². The highest BCUT2D eigenvalue weighted by atomic mass is 19.4. The second-order valence-corrected chi connectivity index (χ2v) is 4.69. The van der Waals surface area contributed by atoms with Gasteiger partial charge in [0.2, 0.25) is 0 Å². The number of amides is 1. The van der Waals surface area contributed by atoms with Crippen molar-refractivity contribution in [2.24, 2.45) is 0 Å². The molecule has 0 saturated carbocycles. The van der Waals surface area contributed by atoms with Crippen LogP contribution in [0.2, 0.25) is 0 Å². The molecule has 1 saturated heterocycles. The zero-order valence-electron chi connectivity index (χ0n) is 10.7. The van der Waals surface area contributed by atoms with Crippen LogP contribution < -0.4 is 0 Å². The van der Waals surface area contributed by atoms with Crippen LogP contribution >= 0.6 is 0 Å². The van der Waals surface area contributed by atoms with E-state index in [9.17, 15) is 18.0 Å². The summed E-state index contributed by atoms with van der Waals surface area (Å²) >= 11 is 0. The van der Waals surface area contributed by atoms with Gasteiger partial charge in [0.05, 0.1) is 5.56 Å². The van der Waals surface area contributed by atoms with Gasteiger partial charge in [0, 0.05) is 13.1 Å². The summed E-state index contributed by atoms with van der Waals surface area (Å²) in [5, 5.41) is 8.82. The van der Waals surface area contributed by atoms with E-state index in [0.717, 1.165) is 17.7 Å². The quantitative estimate of drug-likeness (QED) is 0.851. The number of hydrogen-bond acceptors (Lipinski definition) is 1. The SMILES string of the molecule is O=C(O)N1CCC(=Cc2ccc(C(F)(F)F)cc2)CC1. The molecule has 0 spiro atoms. The van der Waals surface area contributed by atoms with Crippen LogP contribution in [0.5, 0.6) is 0 Å². The Labute approximate surface area is 114 Å². The second-order valence-electron chi connectivity index (χ2n) is 4.69. The van der Waals surface area contributed by atoms with Crippen LogP contribution in [0.4, 0.5) is 18.0 Å². The van der Waals surface area contributed by atoms with Crippen molar-refractivity contribution in [3.05, 3.63) is 41.0 Å². The smallest absolute Gasteiger partial charge is 0.416 e. The first-order chi connectivity index (χ1) is 9.36. The Morgan fingerprint density at radius 3 is 2.15 bits per heavy atom. The van der Waals surface area contributed by atoms with E-state index in [2.05, 4.69) is 0 Å². The van der Waals surface area contributed by atoms with E-state index in [1.54, 1.807) is 0 Å². The van der Waals surface area contributed by atoms with Gasteiger partial charge in [0.1, 0.15) is 0 Å². The first-order valence-corrected chi connectivity index (χ1v) is 6.21. The maximum absolute atomic E-state index is 12.4. The number of rotatable bonds is 1. The summed E-state index contributed by atoms with van der Waals surface area (Å²) in [5.74, 6) is 0. The molecule has 0 atom stereocenters. The fourth-order valence-electron chi connectivity index (χ4n) is 2.13. The molecule has 1 fully saturated rings. The minimum atomic E-state index is -4.32. The average molecular weight is 285 g/mol. The van der Waals surface area contributed by atoms with Crippen LogP contribution in [0.15, 0.2) is 29.8 Å². The van der Waals surface area contributed by atoms with Crippen LogP contribution in [0.1, 0.15) is 24.0 Å². The molecule has 1 aromatic rings. The van der Waals surface area contributed by atoms with Crippen molar-refractivity contribution in [3.8, 4) is 0 Å². The van der Waals surface area contributed by atoms with Gasteiger partial charge in [-0.3, -0.25) is 0 Å². The van der Waals surface area contributed by atoms with Crippen molar-refractivity contribution in [2.75, 3.05) is 13.1 Å². The zero-order chi connectivity index (χ0) is 14.8. The molecule has 1 aromatic carbocycles. The van der Waals surface area contributed by atoms with Gasteiger partial charge in [-0.1, -0.05) is 23.8 Å². The largest absolute Gasteiger partial charge is 0.465 e. The second kappa shape index (κ2) is 5.56. The van der Waals surface area contributed by atoms with Crippen LogP contribution in [0.3, 0.4) is 0 Å². The molecule has 1 aliphatic rings. The summed E-state index contributed by atoms with van der Waals surface area (Å²) < 4.78 is 37.3. The molecule has 0 aromatic heterocycles. The molecule has 2 rings (SSSR count). The highest BCUT2D eigenvalue weighted by molar-refractivity contribution is 5.65. The monoisotopic (exact) mass is 285 g/mol. The van der Waals surface area contributed by atoms with Gasteiger partial charge in [0.15, 0.2) is 0 Å². The standard InChI is InChI=1S/C14H14F3NO2/c15-14(16,17)12-3-1-10(2-4-12)9-11-5-7-18(8-6-11)13(19)20/h1-4,9H,5-8H2,(H,19,20). The Kier molecular flexibility index (Phi) is 4.01. The van der Waals surface area contributed by atoms with Crippen molar-refractivity contribution in [1.29, 1.82) is 0 Å². The third-order valence-electron chi connectivity index (χ3n) is 3.28. The molecular weight excluding hydrogens is 271 g/mol. The summed E-state index contributed by atoms with van der Waals surface area (Å²) in [6.07, 6.45) is -2.18. The number of alkyl halides is 3. The van der Waals surface area contributed by atoms with Crippen molar-refractivity contribution in [2.45, 2.75) is 19.0 Å². The fourth-order valence-corrected chi connectivity index (χ4v) is 2.13. The van der Waals surface area contributed by atoms with Crippen molar-refractivity contribution < 1.29 is 23.1 Å². The van der Waals surface area contributed by atoms with E-state index >= 15 is 0 Å². The molecular formula is C14H14F3NO2. The summed E-state index contributed by atoms with van der Waals surface area (Å²) in [5.41, 5.74) is 1.10. The van der Waals surface area contributed by atoms with Crippen LogP contribution in [-0.4, -0.2) is 29.2 Å². The van der Waals surface area contributed by atoms with Gasteiger partial charge in [-0.05, 0) is 30.5 Å². The van der Waals surface area contributed by atoms with Crippen LogP contribution in [0.25, 0.3) is 6.08 Å². The average Bonchev–Trinajstić information content (AvgIpc) is 2.39. The lowest BCUT2D eigenvalue weighted by Gasteiger charge is -2.25. The summed E-state index contributed by atoms with van der Waals surface area (Å²) in [7, 11) is 0. The third-order valence-corrected chi connectivity index (χ3v) is 3.28. The third kappa shape index (κ3) is 3.53. The Morgan fingerprint density at radius 2 is 1.70 bits per heavy atom. The molecule has 3 nitrogen and oxygen atoms in total. The van der Waals surface area contributed by atoms with Gasteiger partial charge in [-0.25, -0.2) is 4.79 Å². The maximum Gasteiger partial charge on any atom is 0.416 e. The highest BCUT2D eigenvalue weighted by Gasteiger charge is 2.29. The van der Waals surface area contributed by atoms with E-state index in [4.69, 9.17) is 5.11 Å². The van der Waals surface area contributed by atoms with E-state index < -0.39 is 17.8 Å². The van der Waals surface area contributed by atoms with Gasteiger partial charge in [-0.15, -0.1) is 0 Å². The van der Waals surface area contributed by atoms with Gasteiger partial charge >= 0.3 is 12.3 Å². The highest BCUT2D eigenvalue weighted by Crippen LogP contribution is 2.29. The minimum absolute atomic E-state index is 0.432. The summed E-state index contributed by atoms with van der Waals surface area (Å²) in [6, 6.07) is 4.97. The molecule has 0 aliphatic carbocycles. The zero-order valence-corrected chi connectivity index (χ0v) is 10.7.